The first-order chi connectivity index (χ1) is 18.7. The first-order valence-corrected chi connectivity index (χ1v) is 14.3. The van der Waals surface area contributed by atoms with Crippen LogP contribution in [0.2, 0.25) is 0 Å². The average Bonchev–Trinajstić information content (AvgIpc) is 2.97. The molecule has 0 bridgehead atoms. The van der Waals surface area contributed by atoms with Gasteiger partial charge in [-0.25, -0.2) is 16.8 Å². The minimum absolute atomic E-state index is 0.0613. The maximum atomic E-state index is 14.1. The summed E-state index contributed by atoms with van der Waals surface area (Å²) in [5.74, 6) is 1.60. The van der Waals surface area contributed by atoms with Crippen molar-refractivity contribution in [1.29, 1.82) is 0 Å². The Morgan fingerprint density at radius 2 is 1.10 bits per heavy atom. The molecule has 0 unspecified atom stereocenters. The van der Waals surface area contributed by atoms with Gasteiger partial charge in [-0.15, -0.1) is 0 Å². The SMILES string of the molecule is COc1ccc(S(=O)(=O)N(c2cccnc2-c2ccc(OC)cc2OC)S(=O)(=O)c2ccc(OC)cc2)cc1. The molecule has 204 valence electrons. The number of sulfonamides is 2. The van der Waals surface area contributed by atoms with Crippen LogP contribution >= 0.6 is 0 Å². The quantitative estimate of drug-likeness (QED) is 0.274. The molecule has 0 amide bonds. The Labute approximate surface area is 227 Å². The normalized spacial score (nSPS) is 11.5. The number of hydrogen-bond acceptors (Lipinski definition) is 9. The number of benzene rings is 3. The molecular weight excluding hydrogens is 544 g/mol. The molecule has 39 heavy (non-hydrogen) atoms. The highest BCUT2D eigenvalue weighted by atomic mass is 32.3. The van der Waals surface area contributed by atoms with Gasteiger partial charge in [-0.05, 0) is 72.8 Å². The van der Waals surface area contributed by atoms with Crippen LogP contribution in [0.5, 0.6) is 23.0 Å². The summed E-state index contributed by atoms with van der Waals surface area (Å²) in [6, 6.07) is 18.5. The summed E-state index contributed by atoms with van der Waals surface area (Å²) in [7, 11) is -3.62. The largest absolute Gasteiger partial charge is 0.497 e. The minimum atomic E-state index is -4.71. The summed E-state index contributed by atoms with van der Waals surface area (Å²) in [5.41, 5.74) is 0.215. The molecule has 0 spiro atoms. The van der Waals surface area contributed by atoms with Crippen LogP contribution in [-0.2, 0) is 20.0 Å². The highest BCUT2D eigenvalue weighted by molar-refractivity contribution is 8.10. The van der Waals surface area contributed by atoms with Crippen LogP contribution in [0.4, 0.5) is 5.69 Å². The third kappa shape index (κ3) is 5.33. The smallest absolute Gasteiger partial charge is 0.277 e. The standard InChI is InChI=1S/C27H26N2O8S2/c1-34-19-7-12-22(13-8-19)38(30,31)29(39(32,33)23-14-9-20(35-2)10-15-23)25-6-5-17-28-27(25)24-16-11-21(36-3)18-26(24)37-4/h5-18H,1-4H3. The summed E-state index contributed by atoms with van der Waals surface area (Å²) in [6.45, 7) is 0. The lowest BCUT2D eigenvalue weighted by Crippen LogP contribution is -2.37. The van der Waals surface area contributed by atoms with Crippen molar-refractivity contribution >= 4 is 25.7 Å². The molecule has 3 aromatic carbocycles. The Balaban J connectivity index is 2.01. The number of nitrogens with zero attached hydrogens (tertiary/aromatic N) is 2. The van der Waals surface area contributed by atoms with E-state index >= 15 is 0 Å². The van der Waals surface area contributed by atoms with Gasteiger partial charge in [0, 0.05) is 17.8 Å². The number of anilines is 1. The summed E-state index contributed by atoms with van der Waals surface area (Å²) >= 11 is 0. The van der Waals surface area contributed by atoms with Crippen molar-refractivity contribution in [2.24, 2.45) is 0 Å². The van der Waals surface area contributed by atoms with Gasteiger partial charge in [0.1, 0.15) is 23.0 Å². The Bertz CT molecular complexity index is 1590. The lowest BCUT2D eigenvalue weighted by Gasteiger charge is -2.26. The number of aromatic nitrogens is 1. The number of rotatable bonds is 10. The van der Waals surface area contributed by atoms with Crippen molar-refractivity contribution in [3.8, 4) is 34.3 Å². The Hall–Kier alpha value is -4.29. The van der Waals surface area contributed by atoms with Crippen molar-refractivity contribution in [3.63, 3.8) is 0 Å². The second kappa shape index (κ2) is 11.2. The summed E-state index contributed by atoms with van der Waals surface area (Å²) in [5, 5.41) is 0. The van der Waals surface area contributed by atoms with Gasteiger partial charge in [-0.1, -0.05) is 0 Å². The Morgan fingerprint density at radius 1 is 0.615 bits per heavy atom. The van der Waals surface area contributed by atoms with Crippen molar-refractivity contribution in [1.82, 2.24) is 4.98 Å². The number of pyridine rings is 1. The molecule has 1 heterocycles. The lowest BCUT2D eigenvalue weighted by molar-refractivity contribution is 0.395. The molecule has 12 heteroatoms. The predicted molar refractivity (Wildman–Crippen MR) is 146 cm³/mol. The second-order valence-corrected chi connectivity index (χ2v) is 11.8. The fourth-order valence-corrected chi connectivity index (χ4v) is 7.53. The van der Waals surface area contributed by atoms with E-state index in [0.29, 0.717) is 32.3 Å². The zero-order valence-corrected chi connectivity index (χ0v) is 23.2. The van der Waals surface area contributed by atoms with E-state index < -0.39 is 20.0 Å². The van der Waals surface area contributed by atoms with E-state index in [1.165, 1.54) is 95.3 Å². The van der Waals surface area contributed by atoms with Crippen molar-refractivity contribution in [2.75, 3.05) is 32.1 Å². The maximum absolute atomic E-state index is 14.1. The molecular formula is C27H26N2O8S2. The molecule has 0 aliphatic carbocycles. The number of hydrogen-bond donors (Lipinski definition) is 0. The molecule has 4 aromatic rings. The zero-order valence-electron chi connectivity index (χ0n) is 21.6. The van der Waals surface area contributed by atoms with E-state index in [0.717, 1.165) is 0 Å². The van der Waals surface area contributed by atoms with Crippen molar-refractivity contribution in [2.45, 2.75) is 9.79 Å². The van der Waals surface area contributed by atoms with Gasteiger partial charge in [-0.3, -0.25) is 4.98 Å². The van der Waals surface area contributed by atoms with Crippen molar-refractivity contribution < 1.29 is 35.8 Å². The third-order valence-corrected chi connectivity index (χ3v) is 9.98. The van der Waals surface area contributed by atoms with E-state index in [2.05, 4.69) is 4.98 Å². The first-order valence-electron chi connectivity index (χ1n) is 11.4. The van der Waals surface area contributed by atoms with Crippen LogP contribution in [0.1, 0.15) is 0 Å². The van der Waals surface area contributed by atoms with E-state index in [-0.39, 0.29) is 21.2 Å². The third-order valence-electron chi connectivity index (χ3n) is 5.80. The van der Waals surface area contributed by atoms with Crippen molar-refractivity contribution in [3.05, 3.63) is 85.1 Å². The molecule has 0 fully saturated rings. The summed E-state index contributed by atoms with van der Waals surface area (Å²) in [6.07, 6.45) is 1.43. The number of ether oxygens (including phenoxy) is 4. The number of methoxy groups -OCH3 is 4. The molecule has 10 nitrogen and oxygen atoms in total. The molecule has 0 saturated heterocycles. The van der Waals surface area contributed by atoms with E-state index in [9.17, 15) is 16.8 Å². The molecule has 0 saturated carbocycles. The Kier molecular flexibility index (Phi) is 7.98. The van der Waals surface area contributed by atoms with Gasteiger partial charge in [0.15, 0.2) is 0 Å². The monoisotopic (exact) mass is 570 g/mol. The van der Waals surface area contributed by atoms with Gasteiger partial charge in [0.25, 0.3) is 20.0 Å². The minimum Gasteiger partial charge on any atom is -0.497 e. The molecule has 0 aliphatic rings. The second-order valence-electron chi connectivity index (χ2n) is 8.00. The van der Waals surface area contributed by atoms with Crippen LogP contribution in [-0.4, -0.2) is 50.3 Å². The highest BCUT2D eigenvalue weighted by Crippen LogP contribution is 2.41. The molecule has 0 radical (unpaired) electrons. The van der Waals surface area contributed by atoms with E-state index in [1.807, 2.05) is 0 Å². The fourth-order valence-electron chi connectivity index (χ4n) is 3.82. The summed E-state index contributed by atoms with van der Waals surface area (Å²) < 4.78 is 77.9. The maximum Gasteiger partial charge on any atom is 0.277 e. The van der Waals surface area contributed by atoms with E-state index in [1.54, 1.807) is 18.2 Å². The van der Waals surface area contributed by atoms with Crippen LogP contribution in [0.25, 0.3) is 11.3 Å². The average molecular weight is 571 g/mol. The molecule has 0 atom stereocenters. The lowest BCUT2D eigenvalue weighted by atomic mass is 10.1. The first kappa shape index (κ1) is 27.7. The Morgan fingerprint density at radius 3 is 1.56 bits per heavy atom. The fraction of sp³-hybridized carbons (Fsp3) is 0.148. The molecule has 0 N–H and O–H groups in total. The molecule has 1 aromatic heterocycles. The zero-order chi connectivity index (χ0) is 28.2. The molecule has 4 rings (SSSR count). The van der Waals surface area contributed by atoms with E-state index in [4.69, 9.17) is 18.9 Å². The topological polar surface area (TPSA) is 121 Å². The highest BCUT2D eigenvalue weighted by Gasteiger charge is 2.39. The predicted octanol–water partition coefficient (Wildman–Crippen LogP) is 4.37. The van der Waals surface area contributed by atoms with Gasteiger partial charge in [-0.2, -0.15) is 3.71 Å². The van der Waals surface area contributed by atoms with Crippen LogP contribution in [0, 0.1) is 0 Å². The van der Waals surface area contributed by atoms with Gasteiger partial charge in [0.05, 0.1) is 49.6 Å². The van der Waals surface area contributed by atoms with Crippen LogP contribution < -0.4 is 22.7 Å². The van der Waals surface area contributed by atoms with Gasteiger partial charge in [0.2, 0.25) is 0 Å². The molecule has 0 aliphatic heterocycles. The van der Waals surface area contributed by atoms with Crippen LogP contribution in [0.15, 0.2) is 94.9 Å². The van der Waals surface area contributed by atoms with Crippen LogP contribution in [0.3, 0.4) is 0 Å². The summed E-state index contributed by atoms with van der Waals surface area (Å²) in [4.78, 5) is 3.84. The van der Waals surface area contributed by atoms with Gasteiger partial charge < -0.3 is 18.9 Å². The van der Waals surface area contributed by atoms with Gasteiger partial charge >= 0.3 is 0 Å².